The van der Waals surface area contributed by atoms with E-state index < -0.39 is 6.04 Å². The van der Waals surface area contributed by atoms with Gasteiger partial charge in [0, 0.05) is 6.54 Å². The maximum Gasteiger partial charge on any atom is 0.237 e. The van der Waals surface area contributed by atoms with Gasteiger partial charge in [-0.3, -0.25) is 4.79 Å². The Morgan fingerprint density at radius 3 is 2.52 bits per heavy atom. The minimum Gasteiger partial charge on any atom is -0.351 e. The smallest absolute Gasteiger partial charge is 0.237 e. The zero-order valence-electron chi connectivity index (χ0n) is 13.4. The molecule has 0 aromatic heterocycles. The number of nitrogens with two attached hydrogens (primary N) is 1. The summed E-state index contributed by atoms with van der Waals surface area (Å²) in [5.74, 6) is 2.01. The summed E-state index contributed by atoms with van der Waals surface area (Å²) in [4.78, 5) is 11.9. The van der Waals surface area contributed by atoms with Gasteiger partial charge in [-0.2, -0.15) is 11.8 Å². The average Bonchev–Trinajstić information content (AvgIpc) is 2.44. The first-order valence-electron chi connectivity index (χ1n) is 7.53. The van der Waals surface area contributed by atoms with Gasteiger partial charge in [-0.1, -0.05) is 51.1 Å². The summed E-state index contributed by atoms with van der Waals surface area (Å²) in [6, 6.07) is 9.48. The van der Waals surface area contributed by atoms with E-state index in [0.29, 0.717) is 12.0 Å². The van der Waals surface area contributed by atoms with Crippen LogP contribution in [0.5, 0.6) is 0 Å². The van der Waals surface area contributed by atoms with Crippen molar-refractivity contribution in [1.29, 1.82) is 0 Å². The first kappa shape index (κ1) is 18.1. The zero-order valence-corrected chi connectivity index (χ0v) is 14.2. The number of hydrogen-bond donors (Lipinski definition) is 2. The Morgan fingerprint density at radius 2 is 1.90 bits per heavy atom. The highest BCUT2D eigenvalue weighted by molar-refractivity contribution is 7.99. The van der Waals surface area contributed by atoms with Crippen LogP contribution >= 0.6 is 11.8 Å². The monoisotopic (exact) mass is 308 g/mol. The summed E-state index contributed by atoms with van der Waals surface area (Å²) in [6.07, 6.45) is 1.92. The van der Waals surface area contributed by atoms with Gasteiger partial charge in [0.25, 0.3) is 0 Å². The molecular weight excluding hydrogens is 280 g/mol. The first-order chi connectivity index (χ1) is 9.88. The van der Waals surface area contributed by atoms with Crippen LogP contribution < -0.4 is 11.1 Å². The summed E-state index contributed by atoms with van der Waals surface area (Å²) >= 11 is 1.88. The third kappa shape index (κ3) is 8.79. The van der Waals surface area contributed by atoms with Crippen LogP contribution in [0.15, 0.2) is 30.3 Å². The first-order valence-corrected chi connectivity index (χ1v) is 8.69. The average molecular weight is 308 g/mol. The number of hydrogen-bond acceptors (Lipinski definition) is 3. The molecule has 1 unspecified atom stereocenters. The molecule has 0 heterocycles. The third-order valence-electron chi connectivity index (χ3n) is 3.22. The lowest BCUT2D eigenvalue weighted by atomic mass is 9.94. The molecule has 21 heavy (non-hydrogen) atoms. The highest BCUT2D eigenvalue weighted by Crippen LogP contribution is 2.21. The highest BCUT2D eigenvalue weighted by Gasteiger charge is 2.13. The van der Waals surface area contributed by atoms with Gasteiger partial charge in [0.2, 0.25) is 5.91 Å². The molecule has 3 N–H and O–H groups in total. The molecule has 0 bridgehead atoms. The molecule has 1 aromatic carbocycles. The Bertz CT molecular complexity index is 415. The number of amides is 1. The van der Waals surface area contributed by atoms with E-state index in [9.17, 15) is 4.79 Å². The fourth-order valence-electron chi connectivity index (χ4n) is 1.74. The predicted molar refractivity (Wildman–Crippen MR) is 92.3 cm³/mol. The zero-order chi connectivity index (χ0) is 15.7. The predicted octanol–water partition coefficient (Wildman–Crippen LogP) is 3.19. The van der Waals surface area contributed by atoms with Crippen LogP contribution in [-0.4, -0.2) is 23.5 Å². The van der Waals surface area contributed by atoms with E-state index in [0.717, 1.165) is 23.5 Å². The Labute approximate surface area is 133 Å². The van der Waals surface area contributed by atoms with E-state index in [1.54, 1.807) is 0 Å². The molecule has 0 aliphatic carbocycles. The van der Waals surface area contributed by atoms with E-state index >= 15 is 0 Å². The molecule has 0 radical (unpaired) electrons. The number of carbonyl (C=O) groups is 1. The van der Waals surface area contributed by atoms with E-state index in [4.69, 9.17) is 5.73 Å². The lowest BCUT2D eigenvalue weighted by Gasteiger charge is -2.17. The molecular formula is C17H28N2OS. The van der Waals surface area contributed by atoms with Gasteiger partial charge in [0.1, 0.15) is 0 Å². The number of carbonyl (C=O) groups excluding carboxylic acids is 1. The second kappa shape index (κ2) is 9.11. The number of benzene rings is 1. The van der Waals surface area contributed by atoms with Gasteiger partial charge < -0.3 is 11.1 Å². The second-order valence-electron chi connectivity index (χ2n) is 6.52. The minimum absolute atomic E-state index is 0.0599. The van der Waals surface area contributed by atoms with Gasteiger partial charge >= 0.3 is 0 Å². The van der Waals surface area contributed by atoms with Gasteiger partial charge in [-0.05, 0) is 35.3 Å². The molecule has 1 atom stereocenters. The van der Waals surface area contributed by atoms with E-state index in [1.807, 2.05) is 42.1 Å². The van der Waals surface area contributed by atoms with Crippen LogP contribution in [0.4, 0.5) is 0 Å². The molecule has 118 valence electrons. The SMILES string of the molecule is CC(C)(C)CCSCCC(N)C(=O)NCc1ccccc1. The van der Waals surface area contributed by atoms with Crippen LogP contribution in [0.2, 0.25) is 0 Å². The number of rotatable bonds is 8. The fraction of sp³-hybridized carbons (Fsp3) is 0.588. The van der Waals surface area contributed by atoms with Crippen molar-refractivity contribution in [3.05, 3.63) is 35.9 Å². The van der Waals surface area contributed by atoms with Gasteiger partial charge in [0.15, 0.2) is 0 Å². The summed E-state index contributed by atoms with van der Waals surface area (Å²) in [5.41, 5.74) is 7.40. The molecule has 1 amide bonds. The fourth-order valence-corrected chi connectivity index (χ4v) is 3.12. The molecule has 3 nitrogen and oxygen atoms in total. The summed E-state index contributed by atoms with van der Waals surface area (Å²) < 4.78 is 0. The van der Waals surface area contributed by atoms with Gasteiger partial charge in [-0.25, -0.2) is 0 Å². The largest absolute Gasteiger partial charge is 0.351 e. The molecule has 0 aliphatic rings. The van der Waals surface area contributed by atoms with Crippen molar-refractivity contribution >= 4 is 17.7 Å². The van der Waals surface area contributed by atoms with Gasteiger partial charge in [0.05, 0.1) is 6.04 Å². The lowest BCUT2D eigenvalue weighted by Crippen LogP contribution is -2.40. The van der Waals surface area contributed by atoms with Crippen molar-refractivity contribution < 1.29 is 4.79 Å². The maximum absolute atomic E-state index is 11.9. The van der Waals surface area contributed by atoms with Crippen LogP contribution in [-0.2, 0) is 11.3 Å². The molecule has 4 heteroatoms. The molecule has 0 fully saturated rings. The van der Waals surface area contributed by atoms with Crippen molar-refractivity contribution in [1.82, 2.24) is 5.32 Å². The highest BCUT2D eigenvalue weighted by atomic mass is 32.2. The number of thioether (sulfide) groups is 1. The van der Waals surface area contributed by atoms with Gasteiger partial charge in [-0.15, -0.1) is 0 Å². The normalized spacial score (nSPS) is 13.0. The van der Waals surface area contributed by atoms with Crippen molar-refractivity contribution in [2.24, 2.45) is 11.1 Å². The Morgan fingerprint density at radius 1 is 1.24 bits per heavy atom. The molecule has 1 aromatic rings. The summed E-state index contributed by atoms with van der Waals surface area (Å²) in [6.45, 7) is 7.29. The Kier molecular flexibility index (Phi) is 7.83. The Balaban J connectivity index is 2.14. The van der Waals surface area contributed by atoms with Crippen molar-refractivity contribution in [2.75, 3.05) is 11.5 Å². The van der Waals surface area contributed by atoms with Crippen molar-refractivity contribution in [2.45, 2.75) is 46.2 Å². The molecule has 1 rings (SSSR count). The summed E-state index contributed by atoms with van der Waals surface area (Å²) in [5, 5.41) is 2.89. The second-order valence-corrected chi connectivity index (χ2v) is 7.75. The lowest BCUT2D eigenvalue weighted by molar-refractivity contribution is -0.122. The topological polar surface area (TPSA) is 55.1 Å². The van der Waals surface area contributed by atoms with E-state index in [-0.39, 0.29) is 5.91 Å². The molecule has 0 saturated carbocycles. The van der Waals surface area contributed by atoms with Crippen LogP contribution in [0.3, 0.4) is 0 Å². The van der Waals surface area contributed by atoms with Crippen molar-refractivity contribution in [3.8, 4) is 0 Å². The molecule has 0 aliphatic heterocycles. The van der Waals surface area contributed by atoms with Crippen LogP contribution in [0, 0.1) is 5.41 Å². The standard InChI is InChI=1S/C17H28N2OS/c1-17(2,3)10-12-21-11-9-15(18)16(20)19-13-14-7-5-4-6-8-14/h4-8,15H,9-13,18H2,1-3H3,(H,19,20). The van der Waals surface area contributed by atoms with Crippen molar-refractivity contribution in [3.63, 3.8) is 0 Å². The van der Waals surface area contributed by atoms with E-state index in [2.05, 4.69) is 26.1 Å². The molecule has 0 saturated heterocycles. The minimum atomic E-state index is -0.407. The van der Waals surface area contributed by atoms with Crippen LogP contribution in [0.1, 0.15) is 39.2 Å². The maximum atomic E-state index is 11.9. The molecule has 0 spiro atoms. The third-order valence-corrected chi connectivity index (χ3v) is 4.23. The van der Waals surface area contributed by atoms with Crippen LogP contribution in [0.25, 0.3) is 0 Å². The summed E-state index contributed by atoms with van der Waals surface area (Å²) in [7, 11) is 0. The quantitative estimate of drug-likeness (QED) is 0.725. The van der Waals surface area contributed by atoms with E-state index in [1.165, 1.54) is 6.42 Å². The number of nitrogens with one attached hydrogen (secondary N) is 1. The Hall–Kier alpha value is -1.00.